The lowest BCUT2D eigenvalue weighted by molar-refractivity contribution is -0.139. The average Bonchev–Trinajstić information content (AvgIpc) is 2.30. The van der Waals surface area contributed by atoms with E-state index in [2.05, 4.69) is 5.32 Å². The molecule has 1 amide bonds. The first-order valence-corrected chi connectivity index (χ1v) is 4.73. The molecule has 0 radical (unpaired) electrons. The van der Waals surface area contributed by atoms with E-state index in [4.69, 9.17) is 9.47 Å². The predicted molar refractivity (Wildman–Crippen MR) is 56.9 cm³/mol. The average molecular weight is 223 g/mol. The molecule has 1 aromatic rings. The van der Waals surface area contributed by atoms with Crippen LogP contribution in [0.2, 0.25) is 0 Å². The molecule has 1 aromatic carbocycles. The molecule has 0 aliphatic heterocycles. The molecule has 5 heteroatoms. The van der Waals surface area contributed by atoms with Crippen LogP contribution in [0.5, 0.6) is 5.75 Å². The first kappa shape index (κ1) is 12.2. The number of esters is 1. The molecule has 5 nitrogen and oxygen atoms in total. The van der Waals surface area contributed by atoms with Crippen molar-refractivity contribution in [1.29, 1.82) is 0 Å². The van der Waals surface area contributed by atoms with E-state index in [0.717, 1.165) is 0 Å². The highest BCUT2D eigenvalue weighted by atomic mass is 16.5. The number of benzene rings is 1. The number of nitrogens with one attached hydrogen (secondary N) is 1. The number of carbonyl (C=O) groups excluding carboxylic acids is 2. The second kappa shape index (κ2) is 6.58. The Balaban J connectivity index is 2.58. The van der Waals surface area contributed by atoms with E-state index in [9.17, 15) is 9.59 Å². The van der Waals surface area contributed by atoms with Gasteiger partial charge in [0.2, 0.25) is 6.41 Å². The fourth-order valence-electron chi connectivity index (χ4n) is 1.11. The van der Waals surface area contributed by atoms with Gasteiger partial charge in [0, 0.05) is 7.11 Å². The van der Waals surface area contributed by atoms with Gasteiger partial charge in [-0.2, -0.15) is 0 Å². The van der Waals surface area contributed by atoms with Crippen molar-refractivity contribution in [2.24, 2.45) is 0 Å². The number of rotatable bonds is 6. The summed E-state index contributed by atoms with van der Waals surface area (Å²) in [4.78, 5) is 21.8. The van der Waals surface area contributed by atoms with Crippen LogP contribution in [0.1, 0.15) is 0 Å². The number of para-hydroxylation sites is 1. The maximum atomic E-state index is 11.6. The Bertz CT molecular complexity index is 339. The number of amides is 1. The smallest absolute Gasteiger partial charge is 0.336 e. The summed E-state index contributed by atoms with van der Waals surface area (Å²) in [7, 11) is 1.44. The zero-order valence-corrected chi connectivity index (χ0v) is 8.88. The van der Waals surface area contributed by atoms with Gasteiger partial charge in [0.25, 0.3) is 0 Å². The van der Waals surface area contributed by atoms with Crippen molar-refractivity contribution >= 4 is 12.4 Å². The Kier molecular flexibility index (Phi) is 5.01. The first-order valence-electron chi connectivity index (χ1n) is 4.73. The number of hydrogen-bond donors (Lipinski definition) is 1. The Morgan fingerprint density at radius 1 is 1.44 bits per heavy atom. The summed E-state index contributed by atoms with van der Waals surface area (Å²) < 4.78 is 9.83. The zero-order valence-electron chi connectivity index (χ0n) is 8.88. The third-order valence-electron chi connectivity index (χ3n) is 1.85. The molecule has 1 N–H and O–H groups in total. The lowest BCUT2D eigenvalue weighted by Crippen LogP contribution is -2.42. The normalized spacial score (nSPS) is 11.6. The van der Waals surface area contributed by atoms with Crippen LogP contribution < -0.4 is 10.1 Å². The van der Waals surface area contributed by atoms with Crippen LogP contribution in [0.3, 0.4) is 0 Å². The van der Waals surface area contributed by atoms with Gasteiger partial charge >= 0.3 is 5.97 Å². The predicted octanol–water partition coefficient (Wildman–Crippen LogP) is 0.353. The highest BCUT2D eigenvalue weighted by Crippen LogP contribution is 2.09. The van der Waals surface area contributed by atoms with Crippen molar-refractivity contribution in [2.75, 3.05) is 13.7 Å². The van der Waals surface area contributed by atoms with Crippen LogP contribution in [0.15, 0.2) is 30.3 Å². The number of carbonyl (C=O) groups is 2. The molecule has 1 rings (SSSR count). The molecule has 16 heavy (non-hydrogen) atoms. The summed E-state index contributed by atoms with van der Waals surface area (Å²) in [5.41, 5.74) is 0. The summed E-state index contributed by atoms with van der Waals surface area (Å²) in [5.74, 6) is -0.124. The van der Waals surface area contributed by atoms with Crippen LogP contribution >= 0.6 is 0 Å². The highest BCUT2D eigenvalue weighted by molar-refractivity contribution is 5.80. The highest BCUT2D eigenvalue weighted by Gasteiger charge is 2.19. The molecule has 0 saturated carbocycles. The minimum Gasteiger partial charge on any atom is -0.425 e. The van der Waals surface area contributed by atoms with Crippen molar-refractivity contribution in [3.8, 4) is 5.75 Å². The summed E-state index contributed by atoms with van der Waals surface area (Å²) in [6, 6.07) is 7.84. The maximum Gasteiger partial charge on any atom is 0.336 e. The Labute approximate surface area is 93.4 Å². The van der Waals surface area contributed by atoms with Crippen LogP contribution in [0.25, 0.3) is 0 Å². The minimum atomic E-state index is -0.789. The monoisotopic (exact) mass is 223 g/mol. The topological polar surface area (TPSA) is 64.6 Å². The second-order valence-electron chi connectivity index (χ2n) is 3.03. The quantitative estimate of drug-likeness (QED) is 0.429. The van der Waals surface area contributed by atoms with E-state index in [1.165, 1.54) is 7.11 Å². The Hall–Kier alpha value is -1.88. The Morgan fingerprint density at radius 3 is 2.69 bits per heavy atom. The standard InChI is InChI=1S/C11H13NO4/c1-15-7-10(12-8-13)11(14)16-9-5-3-2-4-6-9/h2-6,8,10H,7H2,1H3,(H,12,13)/t10-/m0/s1. The maximum absolute atomic E-state index is 11.6. The zero-order chi connectivity index (χ0) is 11.8. The molecule has 86 valence electrons. The van der Waals surface area contributed by atoms with E-state index in [1.807, 2.05) is 6.07 Å². The molecule has 0 aliphatic rings. The van der Waals surface area contributed by atoms with Gasteiger partial charge in [-0.3, -0.25) is 4.79 Å². The van der Waals surface area contributed by atoms with Gasteiger partial charge in [-0.1, -0.05) is 18.2 Å². The molecule has 0 spiro atoms. The lowest BCUT2D eigenvalue weighted by Gasteiger charge is -2.13. The second-order valence-corrected chi connectivity index (χ2v) is 3.03. The molecule has 0 aromatic heterocycles. The SMILES string of the molecule is COC[C@H](NC=O)C(=O)Oc1ccccc1. The number of methoxy groups -OCH3 is 1. The van der Waals surface area contributed by atoms with Crippen LogP contribution in [-0.2, 0) is 14.3 Å². The molecule has 0 fully saturated rings. The molecule has 1 atom stereocenters. The van der Waals surface area contributed by atoms with E-state index in [0.29, 0.717) is 12.2 Å². The van der Waals surface area contributed by atoms with E-state index in [-0.39, 0.29) is 6.61 Å². The first-order chi connectivity index (χ1) is 7.77. The third-order valence-corrected chi connectivity index (χ3v) is 1.85. The van der Waals surface area contributed by atoms with Gasteiger partial charge in [0.05, 0.1) is 6.61 Å². The van der Waals surface area contributed by atoms with Crippen molar-refractivity contribution in [1.82, 2.24) is 5.32 Å². The van der Waals surface area contributed by atoms with Crippen molar-refractivity contribution in [3.05, 3.63) is 30.3 Å². The lowest BCUT2D eigenvalue weighted by atomic mass is 10.3. The summed E-state index contributed by atoms with van der Waals surface area (Å²) in [6.07, 6.45) is 0.440. The number of ether oxygens (including phenoxy) is 2. The summed E-state index contributed by atoms with van der Waals surface area (Å²) in [6.45, 7) is 0.0738. The summed E-state index contributed by atoms with van der Waals surface area (Å²) in [5, 5.41) is 2.32. The van der Waals surface area contributed by atoms with Gasteiger partial charge < -0.3 is 14.8 Å². The van der Waals surface area contributed by atoms with Gasteiger partial charge in [0.15, 0.2) is 6.04 Å². The third kappa shape index (κ3) is 3.70. The van der Waals surface area contributed by atoms with Gasteiger partial charge in [-0.15, -0.1) is 0 Å². The van der Waals surface area contributed by atoms with Crippen LogP contribution in [-0.4, -0.2) is 32.1 Å². The number of hydrogen-bond acceptors (Lipinski definition) is 4. The fourth-order valence-corrected chi connectivity index (χ4v) is 1.11. The molecular formula is C11H13NO4. The minimum absolute atomic E-state index is 0.0738. The summed E-state index contributed by atoms with van der Waals surface area (Å²) >= 11 is 0. The molecule has 0 aliphatic carbocycles. The molecule has 0 unspecified atom stereocenters. The van der Waals surface area contributed by atoms with Crippen molar-refractivity contribution in [2.45, 2.75) is 6.04 Å². The largest absolute Gasteiger partial charge is 0.425 e. The van der Waals surface area contributed by atoms with E-state index < -0.39 is 12.0 Å². The van der Waals surface area contributed by atoms with Crippen LogP contribution in [0.4, 0.5) is 0 Å². The van der Waals surface area contributed by atoms with Gasteiger partial charge in [-0.25, -0.2) is 4.79 Å². The fraction of sp³-hybridized carbons (Fsp3) is 0.273. The van der Waals surface area contributed by atoms with Crippen molar-refractivity contribution in [3.63, 3.8) is 0 Å². The van der Waals surface area contributed by atoms with Gasteiger partial charge in [-0.05, 0) is 12.1 Å². The molecule has 0 saturated heterocycles. The molecule has 0 heterocycles. The van der Waals surface area contributed by atoms with Gasteiger partial charge in [0.1, 0.15) is 5.75 Å². The Morgan fingerprint density at radius 2 is 2.12 bits per heavy atom. The van der Waals surface area contributed by atoms with E-state index in [1.54, 1.807) is 24.3 Å². The van der Waals surface area contributed by atoms with E-state index >= 15 is 0 Å². The molecule has 0 bridgehead atoms. The molecular weight excluding hydrogens is 210 g/mol. The van der Waals surface area contributed by atoms with Crippen molar-refractivity contribution < 1.29 is 19.1 Å². The van der Waals surface area contributed by atoms with Crippen LogP contribution in [0, 0.1) is 0 Å².